The van der Waals surface area contributed by atoms with Gasteiger partial charge in [0.25, 0.3) is 0 Å². The summed E-state index contributed by atoms with van der Waals surface area (Å²) in [5, 5.41) is 0. The molecule has 0 spiro atoms. The molecule has 0 aromatic heterocycles. The van der Waals surface area contributed by atoms with E-state index in [1.165, 1.54) is 11.1 Å². The Hall–Kier alpha value is 0.240. The first-order valence-electron chi connectivity index (χ1n) is 3.06. The molecule has 0 saturated carbocycles. The van der Waals surface area contributed by atoms with E-state index in [1.54, 1.807) is 0 Å². The van der Waals surface area contributed by atoms with Crippen molar-refractivity contribution in [1.82, 2.24) is 0 Å². The highest BCUT2D eigenvalue weighted by Crippen LogP contribution is 2.09. The molecular weight excluding hydrogens is 258 g/mol. The van der Waals surface area contributed by atoms with Gasteiger partial charge in [0.15, 0.2) is 0 Å². The van der Waals surface area contributed by atoms with Crippen LogP contribution >= 0.6 is 34.2 Å². The number of benzene rings is 1. The lowest BCUT2D eigenvalue weighted by molar-refractivity contribution is 1.35. The Kier molecular flexibility index (Phi) is 3.49. The molecule has 1 aromatic carbocycles. The SMILES string of the molecule is ClCc1ccc(CI)cc1. The molecule has 0 atom stereocenters. The Morgan fingerprint density at radius 1 is 1.10 bits per heavy atom. The molecule has 0 radical (unpaired) electrons. The van der Waals surface area contributed by atoms with Crippen molar-refractivity contribution in [3.8, 4) is 0 Å². The fourth-order valence-corrected chi connectivity index (χ4v) is 1.40. The molecule has 0 saturated heterocycles. The van der Waals surface area contributed by atoms with Gasteiger partial charge in [0.2, 0.25) is 0 Å². The van der Waals surface area contributed by atoms with E-state index in [4.69, 9.17) is 11.6 Å². The maximum absolute atomic E-state index is 5.62. The fourth-order valence-electron chi connectivity index (χ4n) is 0.717. The van der Waals surface area contributed by atoms with E-state index in [9.17, 15) is 0 Å². The average Bonchev–Trinajstić information content (AvgIpc) is 2.05. The van der Waals surface area contributed by atoms with Gasteiger partial charge in [0.1, 0.15) is 0 Å². The van der Waals surface area contributed by atoms with Crippen LogP contribution < -0.4 is 0 Å². The zero-order valence-electron chi connectivity index (χ0n) is 5.48. The van der Waals surface area contributed by atoms with Gasteiger partial charge in [-0.15, -0.1) is 11.6 Å². The van der Waals surface area contributed by atoms with E-state index >= 15 is 0 Å². The van der Waals surface area contributed by atoms with E-state index < -0.39 is 0 Å². The molecule has 1 aromatic rings. The Morgan fingerprint density at radius 3 is 2.00 bits per heavy atom. The molecule has 0 bridgehead atoms. The van der Waals surface area contributed by atoms with Crippen LogP contribution in [0.2, 0.25) is 0 Å². The summed E-state index contributed by atoms with van der Waals surface area (Å²) in [6.45, 7) is 0. The van der Waals surface area contributed by atoms with Gasteiger partial charge in [-0.3, -0.25) is 0 Å². The first-order valence-corrected chi connectivity index (χ1v) is 5.12. The van der Waals surface area contributed by atoms with Gasteiger partial charge in [-0.2, -0.15) is 0 Å². The summed E-state index contributed by atoms with van der Waals surface area (Å²) in [6, 6.07) is 8.37. The average molecular weight is 267 g/mol. The van der Waals surface area contributed by atoms with Crippen molar-refractivity contribution in [3.05, 3.63) is 35.4 Å². The number of alkyl halides is 2. The van der Waals surface area contributed by atoms with Crippen molar-refractivity contribution in [1.29, 1.82) is 0 Å². The Balaban J connectivity index is 2.80. The number of hydrogen-bond acceptors (Lipinski definition) is 0. The maximum Gasteiger partial charge on any atom is 0.0474 e. The fraction of sp³-hybridized carbons (Fsp3) is 0.250. The van der Waals surface area contributed by atoms with Gasteiger partial charge in [0.05, 0.1) is 0 Å². The lowest BCUT2D eigenvalue weighted by Crippen LogP contribution is -1.79. The molecule has 1 rings (SSSR count). The van der Waals surface area contributed by atoms with E-state index in [2.05, 4.69) is 46.9 Å². The minimum Gasteiger partial charge on any atom is -0.122 e. The van der Waals surface area contributed by atoms with Crippen LogP contribution in [0.25, 0.3) is 0 Å². The normalized spacial score (nSPS) is 9.80. The second kappa shape index (κ2) is 4.19. The Labute approximate surface area is 79.7 Å². The van der Waals surface area contributed by atoms with Gasteiger partial charge in [-0.1, -0.05) is 46.9 Å². The van der Waals surface area contributed by atoms with Crippen LogP contribution in [0.1, 0.15) is 11.1 Å². The van der Waals surface area contributed by atoms with Gasteiger partial charge >= 0.3 is 0 Å². The molecule has 0 aliphatic heterocycles. The second-order valence-electron chi connectivity index (χ2n) is 2.08. The molecule has 0 amide bonds. The van der Waals surface area contributed by atoms with Crippen LogP contribution in [-0.2, 0) is 10.3 Å². The number of hydrogen-bond donors (Lipinski definition) is 0. The van der Waals surface area contributed by atoms with Gasteiger partial charge in [0, 0.05) is 10.3 Å². The van der Waals surface area contributed by atoms with Crippen molar-refractivity contribution in [2.75, 3.05) is 0 Å². The largest absolute Gasteiger partial charge is 0.122 e. The summed E-state index contributed by atoms with van der Waals surface area (Å²) in [6.07, 6.45) is 0. The minimum absolute atomic E-state index is 0.613. The molecule has 2 heteroatoms. The smallest absolute Gasteiger partial charge is 0.0474 e. The highest BCUT2D eigenvalue weighted by molar-refractivity contribution is 14.1. The molecule has 0 aliphatic rings. The van der Waals surface area contributed by atoms with Crippen LogP contribution in [0.3, 0.4) is 0 Å². The van der Waals surface area contributed by atoms with Crippen molar-refractivity contribution >= 4 is 34.2 Å². The first kappa shape index (κ1) is 8.34. The standard InChI is InChI=1S/C8H8ClI/c9-5-7-1-3-8(6-10)4-2-7/h1-4H,5-6H2. The van der Waals surface area contributed by atoms with E-state index in [1.807, 2.05) is 0 Å². The molecule has 0 unspecified atom stereocenters. The predicted octanol–water partition coefficient (Wildman–Crippen LogP) is 3.36. The van der Waals surface area contributed by atoms with Crippen LogP contribution in [0.4, 0.5) is 0 Å². The molecule has 0 N–H and O–H groups in total. The number of halogens is 2. The topological polar surface area (TPSA) is 0 Å². The van der Waals surface area contributed by atoms with Crippen molar-refractivity contribution in [2.45, 2.75) is 10.3 Å². The summed E-state index contributed by atoms with van der Waals surface area (Å²) in [5.41, 5.74) is 2.55. The van der Waals surface area contributed by atoms with Crippen molar-refractivity contribution in [3.63, 3.8) is 0 Å². The lowest BCUT2D eigenvalue weighted by atomic mass is 10.2. The Morgan fingerprint density at radius 2 is 1.60 bits per heavy atom. The zero-order valence-corrected chi connectivity index (χ0v) is 8.39. The summed E-state index contributed by atoms with van der Waals surface area (Å²) < 4.78 is 1.07. The third-order valence-corrected chi connectivity index (χ3v) is 2.52. The van der Waals surface area contributed by atoms with E-state index in [-0.39, 0.29) is 0 Å². The number of rotatable bonds is 2. The minimum atomic E-state index is 0.613. The van der Waals surface area contributed by atoms with E-state index in [0.717, 1.165) is 4.43 Å². The molecule has 0 heterocycles. The predicted molar refractivity (Wildman–Crippen MR) is 53.7 cm³/mol. The monoisotopic (exact) mass is 266 g/mol. The Bertz CT molecular complexity index is 170. The highest BCUT2D eigenvalue weighted by Gasteiger charge is 1.89. The molecule has 54 valence electrons. The summed E-state index contributed by atoms with van der Waals surface area (Å²) >= 11 is 7.96. The highest BCUT2D eigenvalue weighted by atomic mass is 127. The van der Waals surface area contributed by atoms with E-state index in [0.29, 0.717) is 5.88 Å². The summed E-state index contributed by atoms with van der Waals surface area (Å²) in [5.74, 6) is 0.613. The van der Waals surface area contributed by atoms with Gasteiger partial charge < -0.3 is 0 Å². The van der Waals surface area contributed by atoms with Gasteiger partial charge in [-0.25, -0.2) is 0 Å². The lowest BCUT2D eigenvalue weighted by Gasteiger charge is -1.96. The maximum atomic E-state index is 5.62. The molecular formula is C8H8ClI. The van der Waals surface area contributed by atoms with Crippen LogP contribution in [0, 0.1) is 0 Å². The van der Waals surface area contributed by atoms with Crippen LogP contribution in [0.15, 0.2) is 24.3 Å². The summed E-state index contributed by atoms with van der Waals surface area (Å²) in [4.78, 5) is 0. The third-order valence-electron chi connectivity index (χ3n) is 1.33. The third kappa shape index (κ3) is 2.13. The van der Waals surface area contributed by atoms with Crippen LogP contribution in [-0.4, -0.2) is 0 Å². The van der Waals surface area contributed by atoms with Crippen LogP contribution in [0.5, 0.6) is 0 Å². The van der Waals surface area contributed by atoms with Crippen molar-refractivity contribution < 1.29 is 0 Å². The second-order valence-corrected chi connectivity index (χ2v) is 3.11. The quantitative estimate of drug-likeness (QED) is 0.569. The molecule has 0 fully saturated rings. The summed E-state index contributed by atoms with van der Waals surface area (Å²) in [7, 11) is 0. The molecule has 0 aliphatic carbocycles. The van der Waals surface area contributed by atoms with Gasteiger partial charge in [-0.05, 0) is 11.1 Å². The molecule has 0 nitrogen and oxygen atoms in total. The zero-order chi connectivity index (χ0) is 7.40. The first-order chi connectivity index (χ1) is 4.86. The molecule has 10 heavy (non-hydrogen) atoms. The van der Waals surface area contributed by atoms with Crippen molar-refractivity contribution in [2.24, 2.45) is 0 Å².